The quantitative estimate of drug-likeness (QED) is 0.105. The molecule has 0 bridgehead atoms. The predicted octanol–water partition coefficient (Wildman–Crippen LogP) is 14.5. The summed E-state index contributed by atoms with van der Waals surface area (Å²) in [5.74, 6) is 1.91. The van der Waals surface area contributed by atoms with Crippen LogP contribution in [-0.2, 0) is 0 Å². The topological polar surface area (TPSA) is 51.8 Å². The van der Waals surface area contributed by atoms with Gasteiger partial charge in [0.05, 0.1) is 0 Å². The Kier molecular flexibility index (Phi) is 11.6. The number of allylic oxidation sites excluding steroid dienone is 12. The van der Waals surface area contributed by atoms with Crippen LogP contribution < -0.4 is 0 Å². The van der Waals surface area contributed by atoms with Crippen LogP contribution >= 0.6 is 0 Å². The second-order valence-corrected chi connectivity index (χ2v) is 14.8. The Bertz CT molecular complexity index is 2680. The number of nitrogens with zero attached hydrogens (tertiary/aromatic N) is 3. The van der Waals surface area contributed by atoms with Crippen molar-refractivity contribution in [2.45, 2.75) is 40.0 Å². The molecule has 0 saturated carbocycles. The maximum Gasteiger partial charge on any atom is 0.164 e. The molecular formula is C52H47N3O. The highest BCUT2D eigenvalue weighted by atomic mass is 16.3. The molecule has 0 amide bonds. The van der Waals surface area contributed by atoms with E-state index in [0.717, 1.165) is 69.0 Å². The lowest BCUT2D eigenvalue weighted by Crippen LogP contribution is -2.09. The van der Waals surface area contributed by atoms with Crippen molar-refractivity contribution in [3.05, 3.63) is 195 Å². The highest BCUT2D eigenvalue weighted by Gasteiger charge is 2.20. The zero-order chi connectivity index (χ0) is 38.9. The average molecular weight is 730 g/mol. The van der Waals surface area contributed by atoms with E-state index < -0.39 is 0 Å². The van der Waals surface area contributed by atoms with Crippen molar-refractivity contribution in [2.75, 3.05) is 0 Å². The molecule has 0 aliphatic heterocycles. The molecule has 2 heterocycles. The summed E-state index contributed by atoms with van der Waals surface area (Å²) in [4.78, 5) is 15.3. The number of aromatic nitrogens is 3. The summed E-state index contributed by atoms with van der Waals surface area (Å²) in [5.41, 5.74) is 7.89. The van der Waals surface area contributed by atoms with Crippen molar-refractivity contribution in [2.24, 2.45) is 5.41 Å². The Morgan fingerprint density at radius 1 is 0.679 bits per heavy atom. The number of furan rings is 1. The van der Waals surface area contributed by atoms with Gasteiger partial charge in [-0.25, -0.2) is 15.0 Å². The molecule has 7 aromatic rings. The lowest BCUT2D eigenvalue weighted by Gasteiger charge is -2.21. The number of benzene rings is 5. The zero-order valence-electron chi connectivity index (χ0n) is 32.5. The number of para-hydroxylation sites is 1. The maximum absolute atomic E-state index is 6.67. The van der Waals surface area contributed by atoms with Crippen LogP contribution in [0.3, 0.4) is 0 Å². The second kappa shape index (κ2) is 17.2. The van der Waals surface area contributed by atoms with Gasteiger partial charge in [0.2, 0.25) is 0 Å². The van der Waals surface area contributed by atoms with Crippen molar-refractivity contribution < 1.29 is 4.42 Å². The second-order valence-electron chi connectivity index (χ2n) is 14.8. The van der Waals surface area contributed by atoms with E-state index in [1.54, 1.807) is 6.08 Å². The van der Waals surface area contributed by atoms with Crippen LogP contribution in [-0.4, -0.2) is 15.0 Å². The van der Waals surface area contributed by atoms with Gasteiger partial charge >= 0.3 is 0 Å². The summed E-state index contributed by atoms with van der Waals surface area (Å²) < 4.78 is 6.67. The van der Waals surface area contributed by atoms with Gasteiger partial charge in [-0.15, -0.1) is 0 Å². The van der Waals surface area contributed by atoms with Crippen LogP contribution in [0, 0.1) is 5.41 Å². The molecule has 0 saturated heterocycles. The average Bonchev–Trinajstić information content (AvgIpc) is 3.62. The first-order valence-corrected chi connectivity index (χ1v) is 19.2. The molecule has 5 aromatic carbocycles. The van der Waals surface area contributed by atoms with Crippen molar-refractivity contribution in [3.8, 4) is 33.9 Å². The van der Waals surface area contributed by atoms with Gasteiger partial charge in [0.15, 0.2) is 17.5 Å². The Morgan fingerprint density at radius 2 is 1.45 bits per heavy atom. The first kappa shape index (κ1) is 37.7. The third-order valence-electron chi connectivity index (χ3n) is 9.99. The van der Waals surface area contributed by atoms with Crippen molar-refractivity contribution in [1.29, 1.82) is 0 Å². The number of hydrogen-bond donors (Lipinski definition) is 0. The minimum atomic E-state index is 0.0156. The van der Waals surface area contributed by atoms with Gasteiger partial charge < -0.3 is 4.42 Å². The third-order valence-corrected chi connectivity index (χ3v) is 9.99. The minimum Gasteiger partial charge on any atom is -0.455 e. The van der Waals surface area contributed by atoms with Crippen LogP contribution in [0.25, 0.3) is 72.2 Å². The lowest BCUT2D eigenvalue weighted by molar-refractivity contribution is 0.377. The first-order valence-electron chi connectivity index (χ1n) is 19.2. The molecule has 7 rings (SSSR count). The van der Waals surface area contributed by atoms with Gasteiger partial charge in [0, 0.05) is 27.5 Å². The van der Waals surface area contributed by atoms with Crippen LogP contribution in [0.1, 0.15) is 45.9 Å². The lowest BCUT2D eigenvalue weighted by atomic mass is 9.84. The Balaban J connectivity index is 1.22. The Morgan fingerprint density at radius 3 is 2.27 bits per heavy atom. The molecule has 0 atom stereocenters. The zero-order valence-corrected chi connectivity index (χ0v) is 32.5. The largest absolute Gasteiger partial charge is 0.455 e. The van der Waals surface area contributed by atoms with Gasteiger partial charge in [-0.1, -0.05) is 185 Å². The molecular weight excluding hydrogens is 683 g/mol. The summed E-state index contributed by atoms with van der Waals surface area (Å²) >= 11 is 0. The number of rotatable bonds is 14. The highest BCUT2D eigenvalue weighted by Crippen LogP contribution is 2.40. The molecule has 0 radical (unpaired) electrons. The normalized spacial score (nSPS) is 12.9. The SMILES string of the molecule is C=C/C=C\C=C/CC(/C=C\CC(C)(C)C/C=C(\C)c1nc(-c2ccccc2)nc(-c2cccc3oc4c(-c5ccc6ccccc6c5)cccc4c23)n1)=C/C=C. The monoisotopic (exact) mass is 729 g/mol. The van der Waals surface area contributed by atoms with Crippen LogP contribution in [0.2, 0.25) is 0 Å². The third kappa shape index (κ3) is 8.66. The van der Waals surface area contributed by atoms with Crippen LogP contribution in [0.15, 0.2) is 193 Å². The Labute approximate surface area is 330 Å². The molecule has 0 N–H and O–H groups in total. The molecule has 0 unspecified atom stereocenters. The van der Waals surface area contributed by atoms with Crippen LogP contribution in [0.4, 0.5) is 0 Å². The first-order chi connectivity index (χ1) is 27.3. The Hall–Kier alpha value is -6.65. The summed E-state index contributed by atoms with van der Waals surface area (Å²) in [6.07, 6.45) is 23.1. The van der Waals surface area contributed by atoms with E-state index in [4.69, 9.17) is 19.4 Å². The summed E-state index contributed by atoms with van der Waals surface area (Å²) in [6, 6.07) is 37.6. The van der Waals surface area contributed by atoms with Crippen molar-refractivity contribution in [3.63, 3.8) is 0 Å². The van der Waals surface area contributed by atoms with Gasteiger partial charge in [-0.3, -0.25) is 0 Å². The smallest absolute Gasteiger partial charge is 0.164 e. The fourth-order valence-electron chi connectivity index (χ4n) is 6.91. The highest BCUT2D eigenvalue weighted by molar-refractivity contribution is 6.15. The fraction of sp³-hybridized carbons (Fsp3) is 0.135. The van der Waals surface area contributed by atoms with Gasteiger partial charge in [0.25, 0.3) is 0 Å². The minimum absolute atomic E-state index is 0.0156. The van der Waals surface area contributed by atoms with E-state index in [1.807, 2.05) is 66.8 Å². The van der Waals surface area contributed by atoms with E-state index in [0.29, 0.717) is 17.5 Å². The molecule has 0 spiro atoms. The van der Waals surface area contributed by atoms with Gasteiger partial charge in [0.1, 0.15) is 11.2 Å². The van der Waals surface area contributed by atoms with Gasteiger partial charge in [-0.05, 0) is 71.2 Å². The van der Waals surface area contributed by atoms with E-state index in [9.17, 15) is 0 Å². The number of fused-ring (bicyclic) bond motifs is 4. The van der Waals surface area contributed by atoms with E-state index in [1.165, 1.54) is 16.3 Å². The van der Waals surface area contributed by atoms with Crippen molar-refractivity contribution >= 4 is 38.3 Å². The summed E-state index contributed by atoms with van der Waals surface area (Å²) in [6.45, 7) is 14.3. The summed E-state index contributed by atoms with van der Waals surface area (Å²) in [5, 5.41) is 4.42. The van der Waals surface area contributed by atoms with Crippen LogP contribution in [0.5, 0.6) is 0 Å². The van der Waals surface area contributed by atoms with E-state index in [-0.39, 0.29) is 5.41 Å². The molecule has 4 heteroatoms. The number of hydrogen-bond acceptors (Lipinski definition) is 4. The van der Waals surface area contributed by atoms with Crippen molar-refractivity contribution in [1.82, 2.24) is 15.0 Å². The summed E-state index contributed by atoms with van der Waals surface area (Å²) in [7, 11) is 0. The standard InChI is InChI=1S/C52H47N3O/c1-6-8-9-10-12-21-38(20-7-2)22-19-34-52(4,5)35-33-37(3)49-53-50(40-24-13-11-14-25-40)55-51(54-49)45-29-18-30-46-47(45)44-28-17-27-43(48(44)56-46)42-32-31-39-23-15-16-26-41(39)36-42/h6-20,22-33,36H,1-2,21,34-35H2,3-5H3/b9-8-,12-10-,22-19-,37-33+,38-20-. The molecule has 0 aliphatic carbocycles. The molecule has 56 heavy (non-hydrogen) atoms. The maximum atomic E-state index is 6.67. The predicted molar refractivity (Wildman–Crippen MR) is 238 cm³/mol. The van der Waals surface area contributed by atoms with E-state index >= 15 is 0 Å². The van der Waals surface area contributed by atoms with E-state index in [2.05, 4.69) is 131 Å². The molecule has 4 nitrogen and oxygen atoms in total. The van der Waals surface area contributed by atoms with Gasteiger partial charge in [-0.2, -0.15) is 0 Å². The molecule has 0 fully saturated rings. The molecule has 2 aromatic heterocycles. The molecule has 276 valence electrons. The molecule has 0 aliphatic rings. The fourth-order valence-corrected chi connectivity index (χ4v) is 6.91.